The number of rotatable bonds is 2. The summed E-state index contributed by atoms with van der Waals surface area (Å²) in [5, 5.41) is 8.96. The fraction of sp³-hybridized carbons (Fsp3) is 0.300. The second-order valence-corrected chi connectivity index (χ2v) is 6.55. The Morgan fingerprint density at radius 1 is 1.08 bits per heavy atom. The lowest BCUT2D eigenvalue weighted by atomic mass is 9.96. The van der Waals surface area contributed by atoms with E-state index in [1.807, 2.05) is 4.90 Å². The average Bonchev–Trinajstić information content (AvgIpc) is 2.60. The molecule has 0 bridgehead atoms. The Morgan fingerprint density at radius 2 is 1.84 bits per heavy atom. The SMILES string of the molecule is Cl.N#Cc1cccc(C(=O)N2CC(N3CCc4ccccc4C3)C2)c1. The van der Waals surface area contributed by atoms with Crippen LogP contribution in [0.25, 0.3) is 0 Å². The van der Waals surface area contributed by atoms with E-state index >= 15 is 0 Å². The lowest BCUT2D eigenvalue weighted by molar-refractivity contribution is 0.0218. The zero-order valence-corrected chi connectivity index (χ0v) is 14.7. The lowest BCUT2D eigenvalue weighted by Crippen LogP contribution is -2.61. The zero-order valence-electron chi connectivity index (χ0n) is 13.9. The van der Waals surface area contributed by atoms with Crippen LogP contribution < -0.4 is 0 Å². The predicted molar refractivity (Wildman–Crippen MR) is 98.7 cm³/mol. The average molecular weight is 354 g/mol. The van der Waals surface area contributed by atoms with Crippen LogP contribution in [0.3, 0.4) is 0 Å². The van der Waals surface area contributed by atoms with Crippen molar-refractivity contribution in [2.24, 2.45) is 0 Å². The highest BCUT2D eigenvalue weighted by molar-refractivity contribution is 5.95. The van der Waals surface area contributed by atoms with Crippen molar-refractivity contribution in [3.8, 4) is 6.07 Å². The minimum absolute atomic E-state index is 0. The number of fused-ring (bicyclic) bond motifs is 1. The van der Waals surface area contributed by atoms with Crippen molar-refractivity contribution >= 4 is 18.3 Å². The summed E-state index contributed by atoms with van der Waals surface area (Å²) in [7, 11) is 0. The monoisotopic (exact) mass is 353 g/mol. The number of likely N-dealkylation sites (tertiary alicyclic amines) is 1. The molecule has 0 N–H and O–H groups in total. The van der Waals surface area contributed by atoms with Gasteiger partial charge in [-0.25, -0.2) is 0 Å². The molecule has 0 atom stereocenters. The lowest BCUT2D eigenvalue weighted by Gasteiger charge is -2.47. The Kier molecular flexibility index (Phi) is 5.08. The van der Waals surface area contributed by atoms with E-state index in [1.165, 1.54) is 11.1 Å². The second-order valence-electron chi connectivity index (χ2n) is 6.55. The molecule has 1 saturated heterocycles. The molecular weight excluding hydrogens is 334 g/mol. The van der Waals surface area contributed by atoms with E-state index in [0.717, 1.165) is 32.6 Å². The van der Waals surface area contributed by atoms with E-state index in [9.17, 15) is 4.79 Å². The number of amides is 1. The summed E-state index contributed by atoms with van der Waals surface area (Å²) in [5.41, 5.74) is 4.01. The number of nitriles is 1. The highest BCUT2D eigenvalue weighted by Gasteiger charge is 2.36. The first kappa shape index (κ1) is 17.5. The summed E-state index contributed by atoms with van der Waals surface area (Å²) in [6.45, 7) is 3.59. The van der Waals surface area contributed by atoms with Crippen LogP contribution in [-0.2, 0) is 13.0 Å². The molecule has 0 aromatic heterocycles. The first-order valence-corrected chi connectivity index (χ1v) is 8.35. The van der Waals surface area contributed by atoms with Crippen LogP contribution in [0.4, 0.5) is 0 Å². The molecule has 0 saturated carbocycles. The van der Waals surface area contributed by atoms with Crippen LogP contribution in [0.15, 0.2) is 48.5 Å². The van der Waals surface area contributed by atoms with Gasteiger partial charge in [-0.3, -0.25) is 9.69 Å². The number of carbonyl (C=O) groups is 1. The number of halogens is 1. The van der Waals surface area contributed by atoms with Crippen molar-refractivity contribution in [2.45, 2.75) is 19.0 Å². The fourth-order valence-corrected chi connectivity index (χ4v) is 3.59. The number of hydrogen-bond donors (Lipinski definition) is 0. The van der Waals surface area contributed by atoms with Gasteiger partial charge in [0.1, 0.15) is 0 Å². The van der Waals surface area contributed by atoms with Gasteiger partial charge in [0.25, 0.3) is 5.91 Å². The van der Waals surface area contributed by atoms with Gasteiger partial charge in [-0.1, -0.05) is 30.3 Å². The molecule has 2 aliphatic rings. The smallest absolute Gasteiger partial charge is 0.254 e. The third-order valence-electron chi connectivity index (χ3n) is 5.06. The maximum absolute atomic E-state index is 12.5. The van der Waals surface area contributed by atoms with Crippen LogP contribution in [0, 0.1) is 11.3 Å². The van der Waals surface area contributed by atoms with Gasteiger partial charge < -0.3 is 4.90 Å². The first-order valence-electron chi connectivity index (χ1n) is 8.35. The molecule has 1 fully saturated rings. The molecule has 2 aromatic rings. The van der Waals surface area contributed by atoms with E-state index in [-0.39, 0.29) is 18.3 Å². The Morgan fingerprint density at radius 3 is 2.60 bits per heavy atom. The molecule has 0 unspecified atom stereocenters. The normalized spacial score (nSPS) is 17.0. The van der Waals surface area contributed by atoms with E-state index in [2.05, 4.69) is 35.2 Å². The van der Waals surface area contributed by atoms with Crippen molar-refractivity contribution in [2.75, 3.05) is 19.6 Å². The van der Waals surface area contributed by atoms with E-state index in [0.29, 0.717) is 17.2 Å². The van der Waals surface area contributed by atoms with Crippen molar-refractivity contribution in [1.82, 2.24) is 9.80 Å². The molecule has 4 rings (SSSR count). The molecule has 5 heteroatoms. The van der Waals surface area contributed by atoms with E-state index in [4.69, 9.17) is 5.26 Å². The number of carbonyl (C=O) groups excluding carboxylic acids is 1. The molecule has 128 valence electrons. The highest BCUT2D eigenvalue weighted by Crippen LogP contribution is 2.25. The summed E-state index contributed by atoms with van der Waals surface area (Å²) in [4.78, 5) is 16.9. The van der Waals surface area contributed by atoms with E-state index < -0.39 is 0 Å². The molecule has 2 aromatic carbocycles. The molecular formula is C20H20ClN3O. The number of nitrogens with zero attached hydrogens (tertiary/aromatic N) is 3. The topological polar surface area (TPSA) is 47.3 Å². The van der Waals surface area contributed by atoms with Crippen LogP contribution in [0.1, 0.15) is 27.0 Å². The number of benzene rings is 2. The summed E-state index contributed by atoms with van der Waals surface area (Å²) >= 11 is 0. The molecule has 0 radical (unpaired) electrons. The van der Waals surface area contributed by atoms with Gasteiger partial charge in [-0.15, -0.1) is 12.4 Å². The summed E-state index contributed by atoms with van der Waals surface area (Å²) < 4.78 is 0. The maximum atomic E-state index is 12.5. The van der Waals surface area contributed by atoms with Crippen LogP contribution in [-0.4, -0.2) is 41.4 Å². The fourth-order valence-electron chi connectivity index (χ4n) is 3.59. The highest BCUT2D eigenvalue weighted by atomic mass is 35.5. The predicted octanol–water partition coefficient (Wildman–Crippen LogP) is 2.86. The van der Waals surface area contributed by atoms with Crippen LogP contribution in [0.2, 0.25) is 0 Å². The standard InChI is InChI=1S/C20H19N3O.ClH/c21-11-15-4-3-7-17(10-15)20(24)23-13-19(14-23)22-9-8-16-5-1-2-6-18(16)12-22;/h1-7,10,19H,8-9,12-14H2;1H. The molecule has 2 heterocycles. The third-order valence-corrected chi connectivity index (χ3v) is 5.06. The van der Waals surface area contributed by atoms with Crippen LogP contribution in [0.5, 0.6) is 0 Å². The minimum Gasteiger partial charge on any atom is -0.335 e. The zero-order chi connectivity index (χ0) is 16.5. The Hall–Kier alpha value is -2.35. The van der Waals surface area contributed by atoms with Crippen molar-refractivity contribution in [3.63, 3.8) is 0 Å². The van der Waals surface area contributed by atoms with Gasteiger partial charge >= 0.3 is 0 Å². The second kappa shape index (κ2) is 7.26. The molecule has 0 aliphatic carbocycles. The molecule has 0 spiro atoms. The minimum atomic E-state index is 0. The first-order chi connectivity index (χ1) is 11.7. The van der Waals surface area contributed by atoms with Gasteiger partial charge in [0.2, 0.25) is 0 Å². The Bertz CT molecular complexity index is 824. The largest absolute Gasteiger partial charge is 0.335 e. The van der Waals surface area contributed by atoms with E-state index in [1.54, 1.807) is 24.3 Å². The van der Waals surface area contributed by atoms with Gasteiger partial charge in [0.05, 0.1) is 11.6 Å². The van der Waals surface area contributed by atoms with Crippen molar-refractivity contribution in [3.05, 3.63) is 70.8 Å². The molecule has 1 amide bonds. The third kappa shape index (κ3) is 3.39. The maximum Gasteiger partial charge on any atom is 0.254 e. The molecule has 25 heavy (non-hydrogen) atoms. The molecule has 2 aliphatic heterocycles. The van der Waals surface area contributed by atoms with Crippen molar-refractivity contribution in [1.29, 1.82) is 5.26 Å². The summed E-state index contributed by atoms with van der Waals surface area (Å²) in [6.07, 6.45) is 1.09. The number of hydrogen-bond acceptors (Lipinski definition) is 3. The van der Waals surface area contributed by atoms with Gasteiger partial charge in [-0.2, -0.15) is 5.26 Å². The van der Waals surface area contributed by atoms with Crippen molar-refractivity contribution < 1.29 is 4.79 Å². The van der Waals surface area contributed by atoms with Gasteiger partial charge in [0.15, 0.2) is 0 Å². The Balaban J connectivity index is 0.00000182. The quantitative estimate of drug-likeness (QED) is 0.834. The molecule has 4 nitrogen and oxygen atoms in total. The Labute approximate surface area is 154 Å². The van der Waals surface area contributed by atoms with Gasteiger partial charge in [-0.05, 0) is 35.7 Å². The summed E-state index contributed by atoms with van der Waals surface area (Å²) in [5.74, 6) is 0.0285. The van der Waals surface area contributed by atoms with Gasteiger partial charge in [0, 0.05) is 37.8 Å². The summed E-state index contributed by atoms with van der Waals surface area (Å²) in [6, 6.07) is 18.1. The van der Waals surface area contributed by atoms with Crippen LogP contribution >= 0.6 is 12.4 Å².